The number of hydrogen-bond donors (Lipinski definition) is 2. The Labute approximate surface area is 183 Å². The Morgan fingerprint density at radius 1 is 0.839 bits per heavy atom. The van der Waals surface area contributed by atoms with Gasteiger partial charge in [0.2, 0.25) is 7.44 Å². The van der Waals surface area contributed by atoms with Crippen molar-refractivity contribution < 1.29 is 33.2 Å². The fourth-order valence-corrected chi connectivity index (χ4v) is 4.67. The average molecular weight is 456 g/mol. The van der Waals surface area contributed by atoms with Gasteiger partial charge < -0.3 is 14.2 Å². The first-order chi connectivity index (χ1) is 14.4. The third kappa shape index (κ3) is 10.6. The van der Waals surface area contributed by atoms with Crippen LogP contribution in [0.4, 0.5) is 0 Å². The Hall–Kier alpha value is -2.22. The third-order valence-corrected chi connectivity index (χ3v) is 6.12. The molecule has 31 heavy (non-hydrogen) atoms. The van der Waals surface area contributed by atoms with Gasteiger partial charge in [0.1, 0.15) is 24.9 Å². The first-order valence-corrected chi connectivity index (χ1v) is 12.1. The molecule has 2 N–H and O–H groups in total. The number of ether oxygens (including phenoxy) is 3. The second kappa shape index (κ2) is 12.6. The number of nitrogens with one attached hydrogen (secondary N) is 2. The highest BCUT2D eigenvalue weighted by atomic mass is 31.2. The Bertz CT molecular complexity index is 749. The first kappa shape index (κ1) is 26.8. The Morgan fingerprint density at radius 2 is 1.29 bits per heavy atom. The molecule has 174 valence electrons. The molecule has 9 nitrogen and oxygen atoms in total. The average Bonchev–Trinajstić information content (AvgIpc) is 2.65. The fourth-order valence-electron chi connectivity index (χ4n) is 2.49. The van der Waals surface area contributed by atoms with Crippen molar-refractivity contribution >= 4 is 25.4 Å². The van der Waals surface area contributed by atoms with E-state index >= 15 is 0 Å². The monoisotopic (exact) mass is 456 g/mol. The molecule has 0 spiro atoms. The van der Waals surface area contributed by atoms with E-state index in [9.17, 15) is 18.9 Å². The van der Waals surface area contributed by atoms with Gasteiger partial charge >= 0.3 is 17.9 Å². The van der Waals surface area contributed by atoms with Crippen molar-refractivity contribution in [3.05, 3.63) is 35.9 Å². The summed E-state index contributed by atoms with van der Waals surface area (Å²) >= 11 is 0. The third-order valence-electron chi connectivity index (χ3n) is 3.81. The molecule has 0 aliphatic rings. The van der Waals surface area contributed by atoms with Gasteiger partial charge in [-0.15, -0.1) is 0 Å². The first-order valence-electron chi connectivity index (χ1n) is 10.2. The molecule has 0 aromatic heterocycles. The van der Waals surface area contributed by atoms with Gasteiger partial charge in [-0.1, -0.05) is 30.3 Å². The van der Waals surface area contributed by atoms with Crippen LogP contribution in [0.5, 0.6) is 0 Å². The lowest BCUT2D eigenvalue weighted by Gasteiger charge is -2.26. The van der Waals surface area contributed by atoms with Gasteiger partial charge in [-0.3, -0.25) is 18.9 Å². The lowest BCUT2D eigenvalue weighted by atomic mass is 10.2. The second-order valence-corrected chi connectivity index (χ2v) is 10.0. The zero-order valence-corrected chi connectivity index (χ0v) is 19.8. The molecule has 0 amide bonds. The van der Waals surface area contributed by atoms with Gasteiger partial charge in [0.25, 0.3) is 0 Å². The van der Waals surface area contributed by atoms with Gasteiger partial charge in [0.15, 0.2) is 0 Å². The predicted molar refractivity (Wildman–Crippen MR) is 116 cm³/mol. The van der Waals surface area contributed by atoms with E-state index in [2.05, 4.69) is 10.2 Å². The molecule has 0 fully saturated rings. The minimum Gasteiger partial charge on any atom is -0.462 e. The minimum absolute atomic E-state index is 0.00949. The summed E-state index contributed by atoms with van der Waals surface area (Å²) in [5.41, 5.74) is 0.773. The molecule has 1 rings (SSSR count). The number of hydrogen-bond acceptors (Lipinski definition) is 7. The lowest BCUT2D eigenvalue weighted by Crippen LogP contribution is -2.44. The quantitative estimate of drug-likeness (QED) is 0.278. The molecule has 0 aliphatic carbocycles. The summed E-state index contributed by atoms with van der Waals surface area (Å²) in [6.07, 6.45) is -1.29. The van der Waals surface area contributed by atoms with Crippen molar-refractivity contribution in [2.24, 2.45) is 0 Å². The predicted octanol–water partition coefficient (Wildman–Crippen LogP) is 2.78. The van der Waals surface area contributed by atoms with E-state index in [1.807, 2.05) is 6.07 Å². The van der Waals surface area contributed by atoms with E-state index in [0.717, 1.165) is 5.56 Å². The highest BCUT2D eigenvalue weighted by molar-refractivity contribution is 7.60. The van der Waals surface area contributed by atoms with Crippen LogP contribution in [0.2, 0.25) is 0 Å². The Balaban J connectivity index is 2.89. The molecular weight excluding hydrogens is 423 g/mol. The van der Waals surface area contributed by atoms with Crippen LogP contribution in [-0.4, -0.2) is 48.4 Å². The lowest BCUT2D eigenvalue weighted by molar-refractivity contribution is -0.149. The summed E-state index contributed by atoms with van der Waals surface area (Å²) < 4.78 is 28.9. The second-order valence-electron chi connectivity index (χ2n) is 7.72. The maximum Gasteiger partial charge on any atom is 0.323 e. The zero-order valence-electron chi connectivity index (χ0n) is 18.9. The minimum atomic E-state index is -3.78. The van der Waals surface area contributed by atoms with Crippen LogP contribution in [0.15, 0.2) is 30.3 Å². The van der Waals surface area contributed by atoms with Crippen LogP contribution in [0, 0.1) is 0 Å². The summed E-state index contributed by atoms with van der Waals surface area (Å²) in [7, 11) is -3.78. The van der Waals surface area contributed by atoms with E-state index in [-0.39, 0.29) is 18.8 Å². The number of rotatable bonds is 12. The van der Waals surface area contributed by atoms with E-state index in [0.29, 0.717) is 0 Å². The normalized spacial score (nSPS) is 13.5. The SMILES string of the molecule is CC(C)OC(=O)[C@H](C)NP(=O)(CC(=O)OCc1ccccc1)N[C@@H](C)C(=O)OC(C)C. The van der Waals surface area contributed by atoms with Crippen LogP contribution < -0.4 is 10.2 Å². The highest BCUT2D eigenvalue weighted by Crippen LogP contribution is 2.38. The molecule has 0 aliphatic heterocycles. The van der Waals surface area contributed by atoms with E-state index in [4.69, 9.17) is 14.2 Å². The molecule has 2 atom stereocenters. The topological polar surface area (TPSA) is 120 Å². The smallest absolute Gasteiger partial charge is 0.323 e. The molecule has 1 aromatic carbocycles. The highest BCUT2D eigenvalue weighted by Gasteiger charge is 2.34. The molecule has 0 saturated carbocycles. The van der Waals surface area contributed by atoms with Crippen LogP contribution in [-0.2, 0) is 39.8 Å². The summed E-state index contributed by atoms with van der Waals surface area (Å²) in [4.78, 5) is 36.7. The van der Waals surface area contributed by atoms with Gasteiger partial charge in [0, 0.05) is 0 Å². The van der Waals surface area contributed by atoms with Gasteiger partial charge in [-0.05, 0) is 47.1 Å². The van der Waals surface area contributed by atoms with E-state index < -0.39 is 43.6 Å². The van der Waals surface area contributed by atoms with Crippen molar-refractivity contribution in [1.82, 2.24) is 10.2 Å². The fraction of sp³-hybridized carbons (Fsp3) is 0.571. The molecule has 0 unspecified atom stereocenters. The number of carbonyl (C=O) groups is 3. The largest absolute Gasteiger partial charge is 0.462 e. The van der Waals surface area contributed by atoms with Crippen molar-refractivity contribution in [2.45, 2.75) is 72.4 Å². The van der Waals surface area contributed by atoms with Crippen LogP contribution in [0.1, 0.15) is 47.1 Å². The van der Waals surface area contributed by atoms with Crippen molar-refractivity contribution in [2.75, 3.05) is 6.16 Å². The Kier molecular flexibility index (Phi) is 10.9. The standard InChI is InChI=1S/C21H33N2O7P/c1-14(2)29-20(25)16(5)22-31(27,23-17(6)21(26)30-15(3)4)13-19(24)28-12-18-10-8-7-9-11-18/h7-11,14-17H,12-13H2,1-6H3,(H2,22,23,27)/t16-,17-/m0/s1. The molecule has 1 aromatic rings. The van der Waals surface area contributed by atoms with Crippen molar-refractivity contribution in [3.63, 3.8) is 0 Å². The maximum atomic E-state index is 13.5. The number of carbonyl (C=O) groups excluding carboxylic acids is 3. The molecule has 10 heteroatoms. The van der Waals surface area contributed by atoms with Crippen LogP contribution in [0.25, 0.3) is 0 Å². The summed E-state index contributed by atoms with van der Waals surface area (Å²) in [5.74, 6) is -2.01. The van der Waals surface area contributed by atoms with Crippen molar-refractivity contribution in [1.29, 1.82) is 0 Å². The molecule has 0 radical (unpaired) electrons. The summed E-state index contributed by atoms with van der Waals surface area (Å²) in [5, 5.41) is 5.26. The van der Waals surface area contributed by atoms with Crippen LogP contribution >= 0.6 is 7.44 Å². The molecular formula is C21H33N2O7P. The summed E-state index contributed by atoms with van der Waals surface area (Å²) in [6.45, 7) is 9.69. The van der Waals surface area contributed by atoms with Crippen LogP contribution in [0.3, 0.4) is 0 Å². The maximum absolute atomic E-state index is 13.5. The van der Waals surface area contributed by atoms with Gasteiger partial charge in [0.05, 0.1) is 12.2 Å². The number of benzene rings is 1. The molecule has 0 bridgehead atoms. The number of esters is 3. The van der Waals surface area contributed by atoms with Gasteiger partial charge in [-0.2, -0.15) is 0 Å². The van der Waals surface area contributed by atoms with E-state index in [1.54, 1.807) is 52.0 Å². The molecule has 0 saturated heterocycles. The van der Waals surface area contributed by atoms with E-state index in [1.165, 1.54) is 13.8 Å². The Morgan fingerprint density at radius 3 is 1.71 bits per heavy atom. The van der Waals surface area contributed by atoms with Gasteiger partial charge in [-0.25, -0.2) is 10.2 Å². The summed E-state index contributed by atoms with van der Waals surface area (Å²) in [6, 6.07) is 7.05. The molecule has 0 heterocycles. The zero-order chi connectivity index (χ0) is 23.6. The van der Waals surface area contributed by atoms with Crippen molar-refractivity contribution in [3.8, 4) is 0 Å².